The standard InChI is InChI=1S/C21H26N2O3/c22-20-13-16-5-2-1-4-15(16)12-19(20)21(24)23-9-7-17(8-10-23)26-14-18-6-3-11-25-18/h1-2,4-5,12-13,17-18H,3,6-11,14,22H2. The molecular formula is C21H26N2O3. The molecule has 0 aliphatic carbocycles. The van der Waals surface area contributed by atoms with Crippen molar-refractivity contribution in [2.24, 2.45) is 0 Å². The normalized spacial score (nSPS) is 21.4. The Hall–Kier alpha value is -2.11. The van der Waals surface area contributed by atoms with E-state index in [1.807, 2.05) is 41.3 Å². The fourth-order valence-corrected chi connectivity index (χ4v) is 3.86. The highest BCUT2D eigenvalue weighted by atomic mass is 16.5. The monoisotopic (exact) mass is 354 g/mol. The number of rotatable bonds is 4. The van der Waals surface area contributed by atoms with Gasteiger partial charge in [0, 0.05) is 25.4 Å². The number of amides is 1. The number of likely N-dealkylation sites (tertiary alicyclic amines) is 1. The summed E-state index contributed by atoms with van der Waals surface area (Å²) in [5.74, 6) is 0.0193. The van der Waals surface area contributed by atoms with E-state index in [9.17, 15) is 4.79 Å². The second-order valence-electron chi connectivity index (χ2n) is 7.25. The Morgan fingerprint density at radius 3 is 2.58 bits per heavy atom. The summed E-state index contributed by atoms with van der Waals surface area (Å²) in [6.07, 6.45) is 4.44. The van der Waals surface area contributed by atoms with Gasteiger partial charge in [-0.15, -0.1) is 0 Å². The summed E-state index contributed by atoms with van der Waals surface area (Å²) < 4.78 is 11.6. The minimum absolute atomic E-state index is 0.0193. The van der Waals surface area contributed by atoms with Gasteiger partial charge in [0.2, 0.25) is 0 Å². The van der Waals surface area contributed by atoms with Gasteiger partial charge in [-0.25, -0.2) is 0 Å². The molecule has 1 amide bonds. The lowest BCUT2D eigenvalue weighted by Gasteiger charge is -2.32. The number of piperidine rings is 1. The van der Waals surface area contributed by atoms with E-state index in [0.29, 0.717) is 30.9 Å². The molecule has 2 aliphatic heterocycles. The minimum Gasteiger partial charge on any atom is -0.398 e. The van der Waals surface area contributed by atoms with Crippen LogP contribution in [-0.4, -0.2) is 49.3 Å². The van der Waals surface area contributed by atoms with Crippen molar-refractivity contribution in [1.82, 2.24) is 4.90 Å². The molecule has 26 heavy (non-hydrogen) atoms. The van der Waals surface area contributed by atoms with Gasteiger partial charge in [-0.3, -0.25) is 4.79 Å². The molecule has 2 heterocycles. The molecule has 2 aliphatic rings. The van der Waals surface area contributed by atoms with Crippen molar-refractivity contribution in [3.8, 4) is 0 Å². The molecule has 2 saturated heterocycles. The van der Waals surface area contributed by atoms with Crippen molar-refractivity contribution in [1.29, 1.82) is 0 Å². The van der Waals surface area contributed by atoms with Gasteiger partial charge in [-0.05, 0) is 48.6 Å². The lowest BCUT2D eigenvalue weighted by molar-refractivity contribution is -0.0395. The number of hydrogen-bond donors (Lipinski definition) is 1. The first-order valence-corrected chi connectivity index (χ1v) is 9.51. The predicted octanol–water partition coefficient (Wildman–Crippen LogP) is 3.22. The number of ether oxygens (including phenoxy) is 2. The Labute approximate surface area is 154 Å². The number of anilines is 1. The van der Waals surface area contributed by atoms with Crippen LogP contribution in [0.4, 0.5) is 5.69 Å². The summed E-state index contributed by atoms with van der Waals surface area (Å²) >= 11 is 0. The van der Waals surface area contributed by atoms with Gasteiger partial charge in [0.15, 0.2) is 0 Å². The lowest BCUT2D eigenvalue weighted by Crippen LogP contribution is -2.41. The minimum atomic E-state index is 0.0193. The van der Waals surface area contributed by atoms with E-state index in [4.69, 9.17) is 15.2 Å². The molecule has 0 saturated carbocycles. The van der Waals surface area contributed by atoms with Crippen LogP contribution in [-0.2, 0) is 9.47 Å². The molecular weight excluding hydrogens is 328 g/mol. The molecule has 5 heteroatoms. The van der Waals surface area contributed by atoms with Crippen molar-refractivity contribution in [3.05, 3.63) is 42.0 Å². The quantitative estimate of drug-likeness (QED) is 0.856. The molecule has 1 atom stereocenters. The van der Waals surface area contributed by atoms with Crippen molar-refractivity contribution in [2.45, 2.75) is 37.9 Å². The molecule has 5 nitrogen and oxygen atoms in total. The van der Waals surface area contributed by atoms with E-state index in [2.05, 4.69) is 0 Å². The van der Waals surface area contributed by atoms with E-state index >= 15 is 0 Å². The Kier molecular flexibility index (Phi) is 5.09. The van der Waals surface area contributed by atoms with Gasteiger partial charge in [-0.1, -0.05) is 24.3 Å². The maximum atomic E-state index is 12.9. The lowest BCUT2D eigenvalue weighted by atomic mass is 10.0. The van der Waals surface area contributed by atoms with Crippen LogP contribution in [0.15, 0.2) is 36.4 Å². The molecule has 0 spiro atoms. The first-order valence-electron chi connectivity index (χ1n) is 9.51. The summed E-state index contributed by atoms with van der Waals surface area (Å²) in [6.45, 7) is 2.95. The van der Waals surface area contributed by atoms with E-state index in [0.717, 1.165) is 43.1 Å². The summed E-state index contributed by atoms with van der Waals surface area (Å²) in [4.78, 5) is 14.8. The van der Waals surface area contributed by atoms with Crippen LogP contribution in [0.1, 0.15) is 36.0 Å². The third-order valence-electron chi connectivity index (χ3n) is 5.42. The smallest absolute Gasteiger partial charge is 0.255 e. The molecule has 2 fully saturated rings. The molecule has 138 valence electrons. The van der Waals surface area contributed by atoms with Crippen LogP contribution in [0.3, 0.4) is 0 Å². The van der Waals surface area contributed by atoms with Crippen molar-refractivity contribution >= 4 is 22.4 Å². The molecule has 2 N–H and O–H groups in total. The number of nitrogen functional groups attached to an aromatic ring is 1. The average molecular weight is 354 g/mol. The van der Waals surface area contributed by atoms with Gasteiger partial charge in [-0.2, -0.15) is 0 Å². The molecule has 2 aromatic rings. The van der Waals surface area contributed by atoms with Gasteiger partial charge >= 0.3 is 0 Å². The maximum absolute atomic E-state index is 12.9. The van der Waals surface area contributed by atoms with Gasteiger partial charge in [0.05, 0.1) is 24.4 Å². The van der Waals surface area contributed by atoms with E-state index in [1.54, 1.807) is 0 Å². The van der Waals surface area contributed by atoms with Crippen LogP contribution in [0.5, 0.6) is 0 Å². The second kappa shape index (κ2) is 7.64. The molecule has 1 unspecified atom stereocenters. The van der Waals surface area contributed by atoms with Crippen LogP contribution < -0.4 is 5.73 Å². The van der Waals surface area contributed by atoms with Crippen molar-refractivity contribution in [3.63, 3.8) is 0 Å². The number of benzene rings is 2. The third kappa shape index (κ3) is 3.69. The highest BCUT2D eigenvalue weighted by Crippen LogP contribution is 2.25. The van der Waals surface area contributed by atoms with E-state index < -0.39 is 0 Å². The number of carbonyl (C=O) groups is 1. The SMILES string of the molecule is Nc1cc2ccccc2cc1C(=O)N1CCC(OCC2CCCO2)CC1. The van der Waals surface area contributed by atoms with Crippen LogP contribution in [0, 0.1) is 0 Å². The average Bonchev–Trinajstić information content (AvgIpc) is 3.19. The molecule has 2 aromatic carbocycles. The summed E-state index contributed by atoms with van der Waals surface area (Å²) in [5.41, 5.74) is 7.30. The Morgan fingerprint density at radius 2 is 1.88 bits per heavy atom. The maximum Gasteiger partial charge on any atom is 0.255 e. The molecule has 4 rings (SSSR count). The largest absolute Gasteiger partial charge is 0.398 e. The summed E-state index contributed by atoms with van der Waals surface area (Å²) in [6, 6.07) is 11.8. The fraction of sp³-hybridized carbons (Fsp3) is 0.476. The zero-order valence-corrected chi connectivity index (χ0v) is 15.0. The molecule has 0 aromatic heterocycles. The zero-order valence-electron chi connectivity index (χ0n) is 15.0. The predicted molar refractivity (Wildman–Crippen MR) is 102 cm³/mol. The molecule has 0 bridgehead atoms. The summed E-state index contributed by atoms with van der Waals surface area (Å²) in [5, 5.41) is 2.10. The van der Waals surface area contributed by atoms with Gasteiger partial charge in [0.25, 0.3) is 5.91 Å². The number of fused-ring (bicyclic) bond motifs is 1. The zero-order chi connectivity index (χ0) is 17.9. The Morgan fingerprint density at radius 1 is 1.15 bits per heavy atom. The second-order valence-corrected chi connectivity index (χ2v) is 7.25. The number of carbonyl (C=O) groups excluding carboxylic acids is 1. The number of hydrogen-bond acceptors (Lipinski definition) is 4. The number of nitrogens with zero attached hydrogens (tertiary/aromatic N) is 1. The van der Waals surface area contributed by atoms with E-state index in [1.165, 1.54) is 0 Å². The highest BCUT2D eigenvalue weighted by molar-refractivity contribution is 6.03. The van der Waals surface area contributed by atoms with Gasteiger partial charge in [0.1, 0.15) is 0 Å². The first kappa shape index (κ1) is 17.3. The van der Waals surface area contributed by atoms with Crippen LogP contribution in [0.2, 0.25) is 0 Å². The van der Waals surface area contributed by atoms with Crippen molar-refractivity contribution < 1.29 is 14.3 Å². The van der Waals surface area contributed by atoms with Gasteiger partial charge < -0.3 is 20.1 Å². The van der Waals surface area contributed by atoms with E-state index in [-0.39, 0.29) is 18.1 Å². The Bertz CT molecular complexity index is 778. The van der Waals surface area contributed by atoms with Crippen molar-refractivity contribution in [2.75, 3.05) is 32.0 Å². The Balaban J connectivity index is 1.36. The topological polar surface area (TPSA) is 64.8 Å². The third-order valence-corrected chi connectivity index (χ3v) is 5.42. The fourth-order valence-electron chi connectivity index (χ4n) is 3.86. The number of nitrogens with two attached hydrogens (primary N) is 1. The highest BCUT2D eigenvalue weighted by Gasteiger charge is 2.26. The summed E-state index contributed by atoms with van der Waals surface area (Å²) in [7, 11) is 0. The van der Waals surface area contributed by atoms with Crippen LogP contribution in [0.25, 0.3) is 10.8 Å². The first-order chi connectivity index (χ1) is 12.7. The van der Waals surface area contributed by atoms with Crippen LogP contribution >= 0.6 is 0 Å². The molecule has 0 radical (unpaired) electrons.